The molecule has 30 heavy (non-hydrogen) atoms. The lowest BCUT2D eigenvalue weighted by molar-refractivity contribution is -0.149. The van der Waals surface area contributed by atoms with Gasteiger partial charge in [-0.05, 0) is 30.9 Å². The van der Waals surface area contributed by atoms with E-state index in [-0.39, 0.29) is 36.6 Å². The Hall–Kier alpha value is -2.90. The largest absolute Gasteiger partial charge is 0.496 e. The van der Waals surface area contributed by atoms with E-state index in [1.54, 1.807) is 7.11 Å². The fraction of sp³-hybridized carbons (Fsp3) is 0.545. The topological polar surface area (TPSA) is 102 Å². The van der Waals surface area contributed by atoms with E-state index >= 15 is 0 Å². The Labute approximate surface area is 175 Å². The standard InChI is InChI=1S/C22H28N2O6/c1-29-18-9-5-2-6-15(18)10-12-23-19(25)14-30-20(26)11-13-24-21(27)16-7-3-4-8-17(16)22(24)28/h2,5-6,9,16-17H,3-4,7-8,10-14H2,1H3,(H,23,25)/t16-,17-/m0/s1. The van der Waals surface area contributed by atoms with Gasteiger partial charge >= 0.3 is 5.97 Å². The van der Waals surface area contributed by atoms with Gasteiger partial charge in [-0.25, -0.2) is 0 Å². The van der Waals surface area contributed by atoms with Crippen LogP contribution in [0.5, 0.6) is 5.75 Å². The summed E-state index contributed by atoms with van der Waals surface area (Å²) in [6, 6.07) is 7.54. The van der Waals surface area contributed by atoms with E-state index in [9.17, 15) is 19.2 Å². The van der Waals surface area contributed by atoms with Crippen LogP contribution in [0.4, 0.5) is 0 Å². The van der Waals surface area contributed by atoms with Crippen molar-refractivity contribution in [1.82, 2.24) is 10.2 Å². The molecular formula is C22H28N2O6. The van der Waals surface area contributed by atoms with Crippen molar-refractivity contribution in [2.45, 2.75) is 38.5 Å². The number of fused-ring (bicyclic) bond motifs is 1. The van der Waals surface area contributed by atoms with Crippen LogP contribution in [-0.2, 0) is 30.3 Å². The number of imide groups is 1. The minimum absolute atomic E-state index is 0.0128. The Morgan fingerprint density at radius 3 is 2.43 bits per heavy atom. The van der Waals surface area contributed by atoms with Crippen LogP contribution in [0.1, 0.15) is 37.7 Å². The number of carbonyl (C=O) groups is 4. The zero-order chi connectivity index (χ0) is 21.5. The van der Waals surface area contributed by atoms with Gasteiger partial charge in [0.25, 0.3) is 5.91 Å². The third-order valence-corrected chi connectivity index (χ3v) is 5.75. The van der Waals surface area contributed by atoms with Gasteiger partial charge in [0.05, 0.1) is 25.4 Å². The minimum atomic E-state index is -0.606. The molecule has 1 aromatic carbocycles. The van der Waals surface area contributed by atoms with Crippen molar-refractivity contribution in [3.63, 3.8) is 0 Å². The number of nitrogens with one attached hydrogen (secondary N) is 1. The second-order valence-corrected chi connectivity index (χ2v) is 7.65. The van der Waals surface area contributed by atoms with Crippen molar-refractivity contribution in [2.24, 2.45) is 11.8 Å². The third-order valence-electron chi connectivity index (χ3n) is 5.75. The molecule has 8 heteroatoms. The number of amides is 3. The molecule has 1 aliphatic heterocycles. The molecule has 162 valence electrons. The lowest BCUT2D eigenvalue weighted by Gasteiger charge is -2.19. The van der Waals surface area contributed by atoms with Gasteiger partial charge in [0.2, 0.25) is 11.8 Å². The second-order valence-electron chi connectivity index (χ2n) is 7.65. The average molecular weight is 416 g/mol. The summed E-state index contributed by atoms with van der Waals surface area (Å²) in [6.07, 6.45) is 3.89. The molecule has 0 unspecified atom stereocenters. The molecule has 1 saturated heterocycles. The fourth-order valence-corrected chi connectivity index (χ4v) is 4.17. The Balaban J connectivity index is 1.35. The Bertz CT molecular complexity index is 785. The molecule has 0 aromatic heterocycles. The maximum atomic E-state index is 12.4. The zero-order valence-corrected chi connectivity index (χ0v) is 17.2. The first kappa shape index (κ1) is 21.8. The molecule has 0 spiro atoms. The zero-order valence-electron chi connectivity index (χ0n) is 17.2. The van der Waals surface area contributed by atoms with E-state index in [1.165, 1.54) is 4.90 Å². The fourth-order valence-electron chi connectivity index (χ4n) is 4.17. The van der Waals surface area contributed by atoms with Crippen LogP contribution in [0.2, 0.25) is 0 Å². The summed E-state index contributed by atoms with van der Waals surface area (Å²) < 4.78 is 10.2. The highest BCUT2D eigenvalue weighted by Crippen LogP contribution is 2.37. The molecule has 1 aromatic rings. The second kappa shape index (κ2) is 10.2. The molecule has 0 radical (unpaired) electrons. The number of likely N-dealkylation sites (tertiary alicyclic amines) is 1. The summed E-state index contributed by atoms with van der Waals surface area (Å²) in [5.74, 6) is -1.06. The number of para-hydroxylation sites is 1. The normalized spacial score (nSPS) is 20.6. The molecule has 8 nitrogen and oxygen atoms in total. The van der Waals surface area contributed by atoms with Gasteiger partial charge in [-0.1, -0.05) is 31.0 Å². The summed E-state index contributed by atoms with van der Waals surface area (Å²) >= 11 is 0. The van der Waals surface area contributed by atoms with Crippen LogP contribution < -0.4 is 10.1 Å². The van der Waals surface area contributed by atoms with Gasteiger partial charge in [-0.3, -0.25) is 24.1 Å². The molecule has 3 rings (SSSR count). The van der Waals surface area contributed by atoms with Gasteiger partial charge in [-0.15, -0.1) is 0 Å². The number of nitrogens with zero attached hydrogens (tertiary/aromatic N) is 1. The summed E-state index contributed by atoms with van der Waals surface area (Å²) in [5.41, 5.74) is 0.970. The maximum absolute atomic E-state index is 12.4. The average Bonchev–Trinajstić information content (AvgIpc) is 3.01. The van der Waals surface area contributed by atoms with E-state index in [1.807, 2.05) is 24.3 Å². The van der Waals surface area contributed by atoms with Crippen molar-refractivity contribution in [3.8, 4) is 5.75 Å². The smallest absolute Gasteiger partial charge is 0.308 e. The van der Waals surface area contributed by atoms with Crippen LogP contribution in [0, 0.1) is 11.8 Å². The number of hydrogen-bond donors (Lipinski definition) is 1. The number of rotatable bonds is 9. The van der Waals surface area contributed by atoms with E-state index in [0.717, 1.165) is 37.0 Å². The Morgan fingerprint density at radius 2 is 1.77 bits per heavy atom. The van der Waals surface area contributed by atoms with Crippen LogP contribution >= 0.6 is 0 Å². The summed E-state index contributed by atoms with van der Waals surface area (Å²) in [6.45, 7) is 0.00708. The maximum Gasteiger partial charge on any atom is 0.308 e. The predicted molar refractivity (Wildman–Crippen MR) is 107 cm³/mol. The van der Waals surface area contributed by atoms with Crippen molar-refractivity contribution in [1.29, 1.82) is 0 Å². The van der Waals surface area contributed by atoms with Crippen molar-refractivity contribution < 1.29 is 28.7 Å². The van der Waals surface area contributed by atoms with Crippen LogP contribution in [0.25, 0.3) is 0 Å². The van der Waals surface area contributed by atoms with E-state index in [0.29, 0.717) is 13.0 Å². The van der Waals surface area contributed by atoms with Crippen LogP contribution in [0.15, 0.2) is 24.3 Å². The molecule has 2 aliphatic rings. The first-order valence-electron chi connectivity index (χ1n) is 10.4. The first-order valence-corrected chi connectivity index (χ1v) is 10.4. The third kappa shape index (κ3) is 5.17. The quantitative estimate of drug-likeness (QED) is 0.483. The molecule has 1 N–H and O–H groups in total. The Kier molecular flexibility index (Phi) is 7.43. The van der Waals surface area contributed by atoms with Gasteiger partial charge < -0.3 is 14.8 Å². The lowest BCUT2D eigenvalue weighted by atomic mass is 9.81. The number of carbonyl (C=O) groups excluding carboxylic acids is 4. The molecular weight excluding hydrogens is 388 g/mol. The molecule has 0 bridgehead atoms. The van der Waals surface area contributed by atoms with Crippen LogP contribution in [-0.4, -0.2) is 55.4 Å². The molecule has 1 heterocycles. The SMILES string of the molecule is COc1ccccc1CCNC(=O)COC(=O)CCN1C(=O)[C@H]2CCCC[C@@H]2C1=O. The summed E-state index contributed by atoms with van der Waals surface area (Å²) in [5, 5.41) is 2.69. The van der Waals surface area contributed by atoms with Crippen LogP contribution in [0.3, 0.4) is 0 Å². The van der Waals surface area contributed by atoms with Crippen molar-refractivity contribution in [2.75, 3.05) is 26.8 Å². The number of esters is 1. The van der Waals surface area contributed by atoms with Crippen molar-refractivity contribution >= 4 is 23.7 Å². The monoisotopic (exact) mass is 416 g/mol. The highest BCUT2D eigenvalue weighted by molar-refractivity contribution is 6.05. The predicted octanol–water partition coefficient (Wildman–Crippen LogP) is 1.46. The van der Waals surface area contributed by atoms with Gasteiger partial charge in [-0.2, -0.15) is 0 Å². The molecule has 1 saturated carbocycles. The summed E-state index contributed by atoms with van der Waals surface area (Å²) in [4.78, 5) is 49.8. The molecule has 1 aliphatic carbocycles. The molecule has 2 fully saturated rings. The Morgan fingerprint density at radius 1 is 1.10 bits per heavy atom. The van der Waals surface area contributed by atoms with Gasteiger partial charge in [0, 0.05) is 13.1 Å². The van der Waals surface area contributed by atoms with Gasteiger partial charge in [0.15, 0.2) is 6.61 Å². The molecule has 2 atom stereocenters. The first-order chi connectivity index (χ1) is 14.5. The van der Waals surface area contributed by atoms with Crippen molar-refractivity contribution in [3.05, 3.63) is 29.8 Å². The van der Waals surface area contributed by atoms with Gasteiger partial charge in [0.1, 0.15) is 5.75 Å². The highest BCUT2D eigenvalue weighted by Gasteiger charge is 2.47. The van der Waals surface area contributed by atoms with E-state index < -0.39 is 18.5 Å². The van der Waals surface area contributed by atoms with E-state index in [2.05, 4.69) is 5.32 Å². The minimum Gasteiger partial charge on any atom is -0.496 e. The number of hydrogen-bond acceptors (Lipinski definition) is 6. The number of ether oxygens (including phenoxy) is 2. The lowest BCUT2D eigenvalue weighted by Crippen LogP contribution is -2.34. The number of benzene rings is 1. The highest BCUT2D eigenvalue weighted by atomic mass is 16.5. The number of methoxy groups -OCH3 is 1. The molecule has 3 amide bonds. The summed E-state index contributed by atoms with van der Waals surface area (Å²) in [7, 11) is 1.59. The van der Waals surface area contributed by atoms with E-state index in [4.69, 9.17) is 9.47 Å².